The van der Waals surface area contributed by atoms with E-state index in [0.717, 1.165) is 25.8 Å². The minimum absolute atomic E-state index is 0.249. The van der Waals surface area contributed by atoms with Crippen LogP contribution in [0.4, 0.5) is 0 Å². The number of rotatable bonds is 11. The summed E-state index contributed by atoms with van der Waals surface area (Å²) in [6.45, 7) is 18.4. The van der Waals surface area contributed by atoms with Crippen molar-refractivity contribution in [3.05, 3.63) is 0 Å². The van der Waals surface area contributed by atoms with Gasteiger partial charge in [-0.3, -0.25) is 9.80 Å². The summed E-state index contributed by atoms with van der Waals surface area (Å²) in [7, 11) is -0.348. The molecule has 0 radical (unpaired) electrons. The molecule has 0 atom stereocenters. The first kappa shape index (κ1) is 20.1. The fraction of sp³-hybridized carbons (Fsp3) is 1.00. The molecule has 1 fully saturated rings. The summed E-state index contributed by atoms with van der Waals surface area (Å²) in [5.41, 5.74) is -0.249. The molecule has 0 spiro atoms. The zero-order chi connectivity index (χ0) is 16.4. The van der Waals surface area contributed by atoms with Crippen LogP contribution in [0.25, 0.3) is 0 Å². The fourth-order valence-corrected chi connectivity index (χ4v) is 5.38. The van der Waals surface area contributed by atoms with Gasteiger partial charge in [0.15, 0.2) is 0 Å². The number of nitrogens with zero attached hydrogens (tertiary/aromatic N) is 2. The van der Waals surface area contributed by atoms with Crippen LogP contribution in [0, 0.1) is 5.92 Å². The third kappa shape index (κ3) is 7.09. The number of hydrogen-bond donors (Lipinski definition) is 0. The van der Waals surface area contributed by atoms with Crippen molar-refractivity contribution in [2.45, 2.75) is 58.9 Å². The highest BCUT2D eigenvalue weighted by atomic mass is 28.2. The van der Waals surface area contributed by atoms with E-state index in [1.54, 1.807) is 0 Å². The van der Waals surface area contributed by atoms with Gasteiger partial charge in [-0.1, -0.05) is 26.3 Å². The molecular weight excluding hydrogens is 292 g/mol. The van der Waals surface area contributed by atoms with Crippen LogP contribution in [0.1, 0.15) is 47.5 Å². The van der Waals surface area contributed by atoms with Crippen molar-refractivity contribution in [1.82, 2.24) is 9.80 Å². The molecule has 0 unspecified atom stereocenters. The SMILES string of the molecule is CCOC(C)(OCC)[SiH2]CCCC1CN(CC)CN(CC)C1. The maximum Gasteiger partial charge on any atom is 0.142 e. The molecule has 22 heavy (non-hydrogen) atoms. The van der Waals surface area contributed by atoms with Gasteiger partial charge in [-0.25, -0.2) is 0 Å². The third-order valence-electron chi connectivity index (χ3n) is 4.72. The summed E-state index contributed by atoms with van der Waals surface area (Å²) >= 11 is 0. The molecule has 132 valence electrons. The van der Waals surface area contributed by atoms with E-state index in [4.69, 9.17) is 9.47 Å². The molecule has 0 aromatic carbocycles. The van der Waals surface area contributed by atoms with Crippen LogP contribution in [0.15, 0.2) is 0 Å². The highest BCUT2D eigenvalue weighted by Crippen LogP contribution is 2.20. The second kappa shape index (κ2) is 10.8. The number of ether oxygens (including phenoxy) is 2. The number of hydrogen-bond acceptors (Lipinski definition) is 4. The molecule has 0 saturated carbocycles. The third-order valence-corrected chi connectivity index (χ3v) is 6.89. The highest BCUT2D eigenvalue weighted by Gasteiger charge is 2.26. The van der Waals surface area contributed by atoms with Crippen molar-refractivity contribution in [1.29, 1.82) is 0 Å². The van der Waals surface area contributed by atoms with Gasteiger partial charge in [0.25, 0.3) is 0 Å². The molecule has 1 rings (SSSR count). The monoisotopic (exact) mass is 330 g/mol. The standard InChI is InChI=1S/C17H38N2O2Si/c1-6-18-13-16(14-19(7-2)15-18)11-10-12-22-17(5,20-8-3)21-9-4/h16H,6-15,22H2,1-5H3. The minimum atomic E-state index is -0.348. The lowest BCUT2D eigenvalue weighted by atomic mass is 10.0. The van der Waals surface area contributed by atoms with E-state index < -0.39 is 0 Å². The van der Waals surface area contributed by atoms with Gasteiger partial charge in [-0.2, -0.15) is 0 Å². The Morgan fingerprint density at radius 2 is 1.55 bits per heavy atom. The molecule has 0 bridgehead atoms. The Bertz CT molecular complexity index is 274. The second-order valence-corrected chi connectivity index (χ2v) is 9.08. The summed E-state index contributed by atoms with van der Waals surface area (Å²) in [5.74, 6) is 0.841. The lowest BCUT2D eigenvalue weighted by molar-refractivity contribution is -0.163. The quantitative estimate of drug-likeness (QED) is 0.330. The predicted molar refractivity (Wildman–Crippen MR) is 97.1 cm³/mol. The van der Waals surface area contributed by atoms with E-state index in [0.29, 0.717) is 0 Å². The van der Waals surface area contributed by atoms with Crippen molar-refractivity contribution in [3.8, 4) is 0 Å². The summed E-state index contributed by atoms with van der Waals surface area (Å²) in [6.07, 6.45) is 2.69. The molecule has 0 aliphatic carbocycles. The smallest absolute Gasteiger partial charge is 0.142 e. The summed E-state index contributed by atoms with van der Waals surface area (Å²) < 4.78 is 11.7. The van der Waals surface area contributed by atoms with Crippen LogP contribution in [0.5, 0.6) is 0 Å². The van der Waals surface area contributed by atoms with Crippen LogP contribution in [0.3, 0.4) is 0 Å². The van der Waals surface area contributed by atoms with Crippen molar-refractivity contribution >= 4 is 9.52 Å². The van der Waals surface area contributed by atoms with E-state index in [-0.39, 0.29) is 14.9 Å². The molecule has 0 N–H and O–H groups in total. The summed E-state index contributed by atoms with van der Waals surface area (Å²) in [5, 5.41) is 0. The average molecular weight is 331 g/mol. The molecule has 4 nitrogen and oxygen atoms in total. The highest BCUT2D eigenvalue weighted by molar-refractivity contribution is 6.38. The van der Waals surface area contributed by atoms with Gasteiger partial charge in [0, 0.05) is 26.3 Å². The molecule has 0 aromatic heterocycles. The van der Waals surface area contributed by atoms with Gasteiger partial charge >= 0.3 is 0 Å². The summed E-state index contributed by atoms with van der Waals surface area (Å²) in [6, 6.07) is 1.32. The molecule has 1 heterocycles. The van der Waals surface area contributed by atoms with Crippen LogP contribution in [0.2, 0.25) is 6.04 Å². The Labute approximate surface area is 140 Å². The van der Waals surface area contributed by atoms with Gasteiger partial charge in [0.1, 0.15) is 5.41 Å². The topological polar surface area (TPSA) is 24.9 Å². The molecule has 0 amide bonds. The van der Waals surface area contributed by atoms with Crippen LogP contribution >= 0.6 is 0 Å². The normalized spacial score (nSPS) is 19.5. The van der Waals surface area contributed by atoms with E-state index >= 15 is 0 Å². The first-order valence-corrected chi connectivity index (χ1v) is 11.0. The average Bonchev–Trinajstić information content (AvgIpc) is 2.51. The second-order valence-electron chi connectivity index (χ2n) is 6.59. The van der Waals surface area contributed by atoms with Gasteiger partial charge in [-0.15, -0.1) is 0 Å². The zero-order valence-corrected chi connectivity index (χ0v) is 17.0. The van der Waals surface area contributed by atoms with Crippen molar-refractivity contribution in [2.24, 2.45) is 5.92 Å². The van der Waals surface area contributed by atoms with Gasteiger partial charge < -0.3 is 9.47 Å². The maximum atomic E-state index is 5.85. The Balaban J connectivity index is 2.30. The lowest BCUT2D eigenvalue weighted by Crippen LogP contribution is -2.49. The Morgan fingerprint density at radius 3 is 2.00 bits per heavy atom. The van der Waals surface area contributed by atoms with E-state index in [1.165, 1.54) is 45.1 Å². The summed E-state index contributed by atoms with van der Waals surface area (Å²) in [4.78, 5) is 5.17. The van der Waals surface area contributed by atoms with Crippen LogP contribution in [-0.4, -0.2) is 70.8 Å². The van der Waals surface area contributed by atoms with E-state index in [1.807, 2.05) is 0 Å². The molecule has 1 aliphatic rings. The maximum absolute atomic E-state index is 5.85. The van der Waals surface area contributed by atoms with Crippen molar-refractivity contribution in [3.63, 3.8) is 0 Å². The molecule has 0 aromatic rings. The van der Waals surface area contributed by atoms with Gasteiger partial charge in [-0.05, 0) is 46.2 Å². The molecular formula is C17H38N2O2Si. The fourth-order valence-electron chi connectivity index (χ4n) is 3.50. The van der Waals surface area contributed by atoms with Gasteiger partial charge in [0.2, 0.25) is 0 Å². The molecule has 1 aliphatic heterocycles. The van der Waals surface area contributed by atoms with E-state index in [9.17, 15) is 0 Å². The Kier molecular flexibility index (Phi) is 9.83. The Hall–Kier alpha value is 0.0569. The van der Waals surface area contributed by atoms with Crippen molar-refractivity contribution < 1.29 is 9.47 Å². The predicted octanol–water partition coefficient (Wildman–Crippen LogP) is 2.33. The molecule has 1 saturated heterocycles. The minimum Gasteiger partial charge on any atom is -0.355 e. The zero-order valence-electron chi connectivity index (χ0n) is 15.6. The lowest BCUT2D eigenvalue weighted by Gasteiger charge is -2.39. The van der Waals surface area contributed by atoms with E-state index in [2.05, 4.69) is 44.4 Å². The Morgan fingerprint density at radius 1 is 1.00 bits per heavy atom. The first-order chi connectivity index (χ1) is 10.6. The largest absolute Gasteiger partial charge is 0.355 e. The van der Waals surface area contributed by atoms with Crippen LogP contribution < -0.4 is 0 Å². The first-order valence-electron chi connectivity index (χ1n) is 9.29. The van der Waals surface area contributed by atoms with Crippen molar-refractivity contribution in [2.75, 3.05) is 46.1 Å². The molecule has 5 heteroatoms. The van der Waals surface area contributed by atoms with Gasteiger partial charge in [0.05, 0.1) is 16.2 Å². The van der Waals surface area contributed by atoms with Crippen LogP contribution in [-0.2, 0) is 9.47 Å².